The zero-order valence-corrected chi connectivity index (χ0v) is 12.7. The minimum Gasteiger partial charge on any atom is -0.386 e. The highest BCUT2D eigenvalue weighted by Crippen LogP contribution is 2.19. The van der Waals surface area contributed by atoms with Gasteiger partial charge >= 0.3 is 0 Å². The smallest absolute Gasteiger partial charge is 0.226 e. The summed E-state index contributed by atoms with van der Waals surface area (Å²) >= 11 is 7.38. The number of amides is 1. The molecule has 3 nitrogen and oxygen atoms in total. The molecule has 1 N–H and O–H groups in total. The second-order valence-corrected chi connectivity index (χ2v) is 6.03. The molecule has 0 bridgehead atoms. The second kappa shape index (κ2) is 6.88. The van der Waals surface area contributed by atoms with E-state index in [1.807, 2.05) is 29.6 Å². The first kappa shape index (κ1) is 15.0. The maximum absolute atomic E-state index is 12.1. The fourth-order valence-electron chi connectivity index (χ4n) is 1.89. The molecule has 0 spiro atoms. The van der Waals surface area contributed by atoms with Gasteiger partial charge in [-0.3, -0.25) is 4.79 Å². The van der Waals surface area contributed by atoms with Gasteiger partial charge in [0.05, 0.1) is 13.0 Å². The van der Waals surface area contributed by atoms with Crippen LogP contribution in [0.2, 0.25) is 5.02 Å². The van der Waals surface area contributed by atoms with Crippen molar-refractivity contribution in [1.82, 2.24) is 4.90 Å². The third-order valence-electron chi connectivity index (χ3n) is 2.99. The molecule has 0 radical (unpaired) electrons. The van der Waals surface area contributed by atoms with Crippen LogP contribution in [-0.4, -0.2) is 29.5 Å². The van der Waals surface area contributed by atoms with Crippen molar-refractivity contribution < 1.29 is 9.90 Å². The van der Waals surface area contributed by atoms with Crippen LogP contribution >= 0.6 is 22.9 Å². The normalized spacial score (nSPS) is 12.2. The minimum absolute atomic E-state index is 0.0390. The van der Waals surface area contributed by atoms with Gasteiger partial charge in [-0.2, -0.15) is 0 Å². The number of carbonyl (C=O) groups excluding carboxylic acids is 1. The predicted molar refractivity (Wildman–Crippen MR) is 82.1 cm³/mol. The average molecular weight is 310 g/mol. The van der Waals surface area contributed by atoms with E-state index in [0.717, 1.165) is 10.4 Å². The third kappa shape index (κ3) is 4.07. The highest BCUT2D eigenvalue weighted by Gasteiger charge is 2.16. The second-order valence-electron chi connectivity index (χ2n) is 4.61. The average Bonchev–Trinajstić information content (AvgIpc) is 2.92. The summed E-state index contributed by atoms with van der Waals surface area (Å²) in [5.74, 6) is -0.0390. The lowest BCUT2D eigenvalue weighted by Gasteiger charge is -2.20. The molecular weight excluding hydrogens is 294 g/mol. The Kier molecular flexibility index (Phi) is 5.17. The van der Waals surface area contributed by atoms with Crippen LogP contribution < -0.4 is 0 Å². The van der Waals surface area contributed by atoms with E-state index >= 15 is 0 Å². The molecule has 20 heavy (non-hydrogen) atoms. The number of nitrogens with zero attached hydrogens (tertiary/aromatic N) is 1. The summed E-state index contributed by atoms with van der Waals surface area (Å²) in [6, 6.07) is 11.0. The highest BCUT2D eigenvalue weighted by atomic mass is 35.5. The van der Waals surface area contributed by atoms with Crippen molar-refractivity contribution in [2.75, 3.05) is 13.6 Å². The van der Waals surface area contributed by atoms with Gasteiger partial charge in [-0.05, 0) is 29.1 Å². The predicted octanol–water partition coefficient (Wildman–Crippen LogP) is 3.14. The number of halogens is 1. The van der Waals surface area contributed by atoms with Crippen LogP contribution in [0, 0.1) is 0 Å². The fourth-order valence-corrected chi connectivity index (χ4v) is 2.80. The van der Waals surface area contributed by atoms with E-state index in [-0.39, 0.29) is 12.3 Å². The van der Waals surface area contributed by atoms with Crippen LogP contribution in [0.3, 0.4) is 0 Å². The van der Waals surface area contributed by atoms with E-state index in [9.17, 15) is 9.90 Å². The lowest BCUT2D eigenvalue weighted by Crippen LogP contribution is -2.32. The Morgan fingerprint density at radius 3 is 2.85 bits per heavy atom. The molecule has 0 saturated heterocycles. The van der Waals surface area contributed by atoms with Crippen molar-refractivity contribution in [1.29, 1.82) is 0 Å². The van der Waals surface area contributed by atoms with E-state index in [1.165, 1.54) is 11.3 Å². The van der Waals surface area contributed by atoms with Gasteiger partial charge < -0.3 is 10.0 Å². The summed E-state index contributed by atoms with van der Waals surface area (Å²) in [4.78, 5) is 14.5. The van der Waals surface area contributed by atoms with Crippen LogP contribution in [0.5, 0.6) is 0 Å². The van der Waals surface area contributed by atoms with Crippen LogP contribution in [0.15, 0.2) is 41.8 Å². The van der Waals surface area contributed by atoms with E-state index in [1.54, 1.807) is 24.1 Å². The Hall–Kier alpha value is -1.36. The first-order valence-corrected chi connectivity index (χ1v) is 7.52. The molecule has 0 aliphatic carbocycles. The molecule has 0 saturated carbocycles. The van der Waals surface area contributed by atoms with Gasteiger partial charge in [-0.25, -0.2) is 0 Å². The zero-order valence-electron chi connectivity index (χ0n) is 11.1. The summed E-state index contributed by atoms with van der Waals surface area (Å²) in [5.41, 5.74) is 0.875. The lowest BCUT2D eigenvalue weighted by atomic mass is 10.1. The minimum atomic E-state index is -0.636. The molecule has 2 aromatic rings. The summed E-state index contributed by atoms with van der Waals surface area (Å²) in [6.07, 6.45) is -0.350. The molecule has 106 valence electrons. The van der Waals surface area contributed by atoms with E-state index < -0.39 is 6.10 Å². The summed E-state index contributed by atoms with van der Waals surface area (Å²) in [7, 11) is 1.70. The maximum atomic E-state index is 12.1. The molecule has 1 unspecified atom stereocenters. The third-order valence-corrected chi connectivity index (χ3v) is 4.20. The van der Waals surface area contributed by atoms with Gasteiger partial charge in [0.1, 0.15) is 6.10 Å². The van der Waals surface area contributed by atoms with Crippen molar-refractivity contribution in [3.8, 4) is 0 Å². The Bertz CT molecular complexity index is 571. The topological polar surface area (TPSA) is 40.5 Å². The molecule has 1 aromatic heterocycles. The molecule has 0 aliphatic heterocycles. The Morgan fingerprint density at radius 1 is 1.40 bits per heavy atom. The molecule has 1 atom stereocenters. The Balaban J connectivity index is 1.92. The van der Waals surface area contributed by atoms with Gasteiger partial charge in [0.15, 0.2) is 0 Å². The van der Waals surface area contributed by atoms with Gasteiger partial charge in [0.25, 0.3) is 0 Å². The number of rotatable bonds is 5. The molecule has 0 aliphatic rings. The number of aliphatic hydroxyl groups excluding tert-OH is 1. The molecule has 1 heterocycles. The van der Waals surface area contributed by atoms with Gasteiger partial charge in [0, 0.05) is 16.9 Å². The largest absolute Gasteiger partial charge is 0.386 e. The van der Waals surface area contributed by atoms with Crippen molar-refractivity contribution in [3.05, 3.63) is 57.2 Å². The van der Waals surface area contributed by atoms with E-state index in [2.05, 4.69) is 0 Å². The fraction of sp³-hybridized carbons (Fsp3) is 0.267. The monoisotopic (exact) mass is 309 g/mol. The van der Waals surface area contributed by atoms with Crippen LogP contribution in [0.4, 0.5) is 0 Å². The van der Waals surface area contributed by atoms with Crippen LogP contribution in [-0.2, 0) is 11.2 Å². The SMILES string of the molecule is CN(CC(O)c1cccs1)C(=O)Cc1cccc(Cl)c1. The van der Waals surface area contributed by atoms with Crippen molar-refractivity contribution in [2.45, 2.75) is 12.5 Å². The standard InChI is InChI=1S/C15H16ClNO2S/c1-17(10-13(18)14-6-3-7-20-14)15(19)9-11-4-2-5-12(16)8-11/h2-8,13,18H,9-10H2,1H3. The number of thiophene rings is 1. The van der Waals surface area contributed by atoms with Crippen molar-refractivity contribution in [2.24, 2.45) is 0 Å². The van der Waals surface area contributed by atoms with Crippen molar-refractivity contribution >= 4 is 28.8 Å². The van der Waals surface area contributed by atoms with Crippen LogP contribution in [0.25, 0.3) is 0 Å². The molecule has 2 rings (SSSR count). The molecule has 1 amide bonds. The number of carbonyl (C=O) groups is 1. The summed E-state index contributed by atoms with van der Waals surface area (Å²) in [6.45, 7) is 0.292. The number of hydrogen-bond acceptors (Lipinski definition) is 3. The number of benzene rings is 1. The highest BCUT2D eigenvalue weighted by molar-refractivity contribution is 7.10. The van der Waals surface area contributed by atoms with Gasteiger partial charge in [0.2, 0.25) is 5.91 Å². The lowest BCUT2D eigenvalue weighted by molar-refractivity contribution is -0.130. The first-order chi connectivity index (χ1) is 9.56. The first-order valence-electron chi connectivity index (χ1n) is 6.26. The van der Waals surface area contributed by atoms with Crippen LogP contribution in [0.1, 0.15) is 16.5 Å². The summed E-state index contributed by atoms with van der Waals surface area (Å²) < 4.78 is 0. The van der Waals surface area contributed by atoms with E-state index in [4.69, 9.17) is 11.6 Å². The van der Waals surface area contributed by atoms with E-state index in [0.29, 0.717) is 11.6 Å². The Labute approximate surface area is 127 Å². The van der Waals surface area contributed by atoms with Gasteiger partial charge in [-0.15, -0.1) is 11.3 Å². The number of hydrogen-bond donors (Lipinski definition) is 1. The maximum Gasteiger partial charge on any atom is 0.226 e. The Morgan fingerprint density at radius 2 is 2.20 bits per heavy atom. The number of likely N-dealkylation sites (N-methyl/N-ethyl adjacent to an activating group) is 1. The van der Waals surface area contributed by atoms with Crippen molar-refractivity contribution in [3.63, 3.8) is 0 Å². The molecule has 1 aromatic carbocycles. The molecule has 0 fully saturated rings. The zero-order chi connectivity index (χ0) is 14.5. The number of aliphatic hydroxyl groups is 1. The molecule has 5 heteroatoms. The molecular formula is C15H16ClNO2S. The quantitative estimate of drug-likeness (QED) is 0.922. The summed E-state index contributed by atoms with van der Waals surface area (Å²) in [5, 5.41) is 12.6. The van der Waals surface area contributed by atoms with Gasteiger partial charge in [-0.1, -0.05) is 29.8 Å².